The van der Waals surface area contributed by atoms with E-state index in [4.69, 9.17) is 0 Å². The third-order valence-corrected chi connectivity index (χ3v) is 2.40. The Balaban J connectivity index is 2.59. The Labute approximate surface area is 69.0 Å². The summed E-state index contributed by atoms with van der Waals surface area (Å²) in [6.07, 6.45) is -2.77. The molecule has 0 bridgehead atoms. The highest BCUT2D eigenvalue weighted by Crippen LogP contribution is 2.34. The van der Waals surface area contributed by atoms with Gasteiger partial charge in [-0.2, -0.15) is 13.2 Å². The normalized spacial score (nSPS) is 12.6. The largest absolute Gasteiger partial charge is 0.443 e. The number of aromatic nitrogens is 2. The minimum Gasteiger partial charge on any atom is -0.352 e. The van der Waals surface area contributed by atoms with Gasteiger partial charge in [0.1, 0.15) is 4.83 Å². The first-order chi connectivity index (χ1) is 5.57. The maximum atomic E-state index is 12.0. The van der Waals surface area contributed by atoms with E-state index in [1.807, 2.05) is 0 Å². The van der Waals surface area contributed by atoms with Crippen molar-refractivity contribution in [1.82, 2.24) is 9.97 Å². The molecular weight excluding hydrogens is 189 g/mol. The molecule has 2 rings (SSSR count). The summed E-state index contributed by atoms with van der Waals surface area (Å²) >= 11 is 0.619. The summed E-state index contributed by atoms with van der Waals surface area (Å²) in [5.74, 6) is 0. The number of H-pyrrole nitrogens is 1. The van der Waals surface area contributed by atoms with Crippen LogP contribution in [-0.4, -0.2) is 9.97 Å². The lowest BCUT2D eigenvalue weighted by molar-refractivity contribution is -0.137. The van der Waals surface area contributed by atoms with Crippen LogP contribution >= 0.6 is 11.3 Å². The van der Waals surface area contributed by atoms with Gasteiger partial charge < -0.3 is 4.98 Å². The fourth-order valence-corrected chi connectivity index (χ4v) is 1.66. The van der Waals surface area contributed by atoms with E-state index in [9.17, 15) is 13.2 Å². The SMILES string of the molecule is FC(F)(F)c1nc2cc[nH]c2s1. The number of halogens is 3. The number of hydrogen-bond donors (Lipinski definition) is 1. The third kappa shape index (κ3) is 1.08. The first kappa shape index (κ1) is 7.60. The molecule has 0 saturated carbocycles. The average Bonchev–Trinajstić information content (AvgIpc) is 2.37. The predicted octanol–water partition coefficient (Wildman–Crippen LogP) is 2.64. The highest BCUT2D eigenvalue weighted by atomic mass is 32.1. The van der Waals surface area contributed by atoms with Crippen molar-refractivity contribution in [2.24, 2.45) is 0 Å². The molecule has 0 amide bonds. The van der Waals surface area contributed by atoms with Gasteiger partial charge in [-0.05, 0) is 6.07 Å². The highest BCUT2D eigenvalue weighted by Gasteiger charge is 2.34. The van der Waals surface area contributed by atoms with Crippen LogP contribution in [0.2, 0.25) is 0 Å². The molecule has 2 nitrogen and oxygen atoms in total. The Morgan fingerprint density at radius 1 is 1.42 bits per heavy atom. The van der Waals surface area contributed by atoms with Gasteiger partial charge in [-0.3, -0.25) is 0 Å². The topological polar surface area (TPSA) is 28.7 Å². The summed E-state index contributed by atoms with van der Waals surface area (Å²) in [6, 6.07) is 1.51. The summed E-state index contributed by atoms with van der Waals surface area (Å²) in [4.78, 5) is 6.53. The second kappa shape index (κ2) is 2.22. The van der Waals surface area contributed by atoms with E-state index in [0.717, 1.165) is 0 Å². The van der Waals surface area contributed by atoms with Crippen molar-refractivity contribution in [1.29, 1.82) is 0 Å². The molecule has 0 atom stereocenters. The number of nitrogens with one attached hydrogen (secondary N) is 1. The van der Waals surface area contributed by atoms with Crippen LogP contribution < -0.4 is 0 Å². The predicted molar refractivity (Wildman–Crippen MR) is 39.0 cm³/mol. The number of hydrogen-bond acceptors (Lipinski definition) is 2. The van der Waals surface area contributed by atoms with Crippen molar-refractivity contribution in [2.45, 2.75) is 6.18 Å². The number of rotatable bonds is 0. The molecule has 2 aromatic heterocycles. The van der Waals surface area contributed by atoms with E-state index in [1.54, 1.807) is 6.20 Å². The molecule has 0 aliphatic rings. The molecule has 2 heterocycles. The summed E-state index contributed by atoms with van der Waals surface area (Å²) in [5, 5.41) is -0.802. The molecule has 0 saturated heterocycles. The van der Waals surface area contributed by atoms with Crippen LogP contribution in [0.3, 0.4) is 0 Å². The van der Waals surface area contributed by atoms with Gasteiger partial charge in [0.25, 0.3) is 0 Å². The minimum absolute atomic E-state index is 0.368. The summed E-state index contributed by atoms with van der Waals surface area (Å²) in [6.45, 7) is 0. The fraction of sp³-hybridized carbons (Fsp3) is 0.167. The van der Waals surface area contributed by atoms with Gasteiger partial charge in [-0.15, -0.1) is 0 Å². The molecule has 2 aromatic rings. The molecular formula is C6H3F3N2S. The molecule has 0 radical (unpaired) electrons. The summed E-state index contributed by atoms with van der Waals surface area (Å²) < 4.78 is 36.1. The van der Waals surface area contributed by atoms with Crippen LogP contribution in [0, 0.1) is 0 Å². The van der Waals surface area contributed by atoms with Gasteiger partial charge in [0.05, 0.1) is 5.52 Å². The Kier molecular flexibility index (Phi) is 1.41. The van der Waals surface area contributed by atoms with Crippen LogP contribution in [0.4, 0.5) is 13.2 Å². The number of alkyl halides is 3. The first-order valence-corrected chi connectivity index (χ1v) is 3.90. The molecule has 6 heteroatoms. The number of aromatic amines is 1. The van der Waals surface area contributed by atoms with Gasteiger partial charge in [-0.25, -0.2) is 4.98 Å². The molecule has 64 valence electrons. The van der Waals surface area contributed by atoms with Crippen LogP contribution in [0.15, 0.2) is 12.3 Å². The molecule has 0 aliphatic heterocycles. The van der Waals surface area contributed by atoms with E-state index >= 15 is 0 Å². The summed E-state index contributed by atoms with van der Waals surface area (Å²) in [5.41, 5.74) is 0.368. The molecule has 0 unspecified atom stereocenters. The standard InChI is InChI=1S/C6H3F3N2S/c7-6(8,9)5-11-3-1-2-10-4(3)12-5/h1-2,10H. The van der Waals surface area contributed by atoms with E-state index in [1.165, 1.54) is 6.07 Å². The fourth-order valence-electron chi connectivity index (χ4n) is 0.866. The van der Waals surface area contributed by atoms with Crippen LogP contribution in [-0.2, 0) is 6.18 Å². The quantitative estimate of drug-likeness (QED) is 0.682. The highest BCUT2D eigenvalue weighted by molar-refractivity contribution is 7.18. The monoisotopic (exact) mass is 192 g/mol. The Morgan fingerprint density at radius 3 is 2.75 bits per heavy atom. The zero-order valence-corrected chi connectivity index (χ0v) is 6.46. The lowest BCUT2D eigenvalue weighted by atomic mass is 10.6. The van der Waals surface area contributed by atoms with Gasteiger partial charge in [0.2, 0.25) is 5.01 Å². The van der Waals surface area contributed by atoms with Crippen LogP contribution in [0.1, 0.15) is 5.01 Å². The van der Waals surface area contributed by atoms with Crippen molar-refractivity contribution >= 4 is 21.7 Å². The smallest absolute Gasteiger partial charge is 0.352 e. The number of fused-ring (bicyclic) bond motifs is 1. The first-order valence-electron chi connectivity index (χ1n) is 3.08. The number of nitrogens with zero attached hydrogens (tertiary/aromatic N) is 1. The third-order valence-electron chi connectivity index (χ3n) is 1.35. The average molecular weight is 192 g/mol. The van der Waals surface area contributed by atoms with Crippen molar-refractivity contribution in [3.8, 4) is 0 Å². The molecule has 0 fully saturated rings. The lowest BCUT2D eigenvalue weighted by Gasteiger charge is -1.98. The second-order valence-electron chi connectivity index (χ2n) is 2.21. The van der Waals surface area contributed by atoms with Gasteiger partial charge >= 0.3 is 6.18 Å². The van der Waals surface area contributed by atoms with E-state index in [2.05, 4.69) is 9.97 Å². The van der Waals surface area contributed by atoms with Gasteiger partial charge in [0, 0.05) is 6.20 Å². The van der Waals surface area contributed by atoms with Crippen molar-refractivity contribution < 1.29 is 13.2 Å². The van der Waals surface area contributed by atoms with Crippen molar-refractivity contribution in [3.05, 3.63) is 17.3 Å². The Morgan fingerprint density at radius 2 is 2.17 bits per heavy atom. The van der Waals surface area contributed by atoms with E-state index < -0.39 is 11.2 Å². The molecule has 1 N–H and O–H groups in total. The van der Waals surface area contributed by atoms with Crippen LogP contribution in [0.25, 0.3) is 10.3 Å². The van der Waals surface area contributed by atoms with Crippen LogP contribution in [0.5, 0.6) is 0 Å². The van der Waals surface area contributed by atoms with Crippen molar-refractivity contribution in [2.75, 3.05) is 0 Å². The maximum Gasteiger partial charge on any atom is 0.443 e. The van der Waals surface area contributed by atoms with E-state index in [0.29, 0.717) is 21.7 Å². The van der Waals surface area contributed by atoms with Gasteiger partial charge in [-0.1, -0.05) is 11.3 Å². The minimum atomic E-state index is -4.33. The molecule has 0 aromatic carbocycles. The summed E-state index contributed by atoms with van der Waals surface area (Å²) in [7, 11) is 0. The van der Waals surface area contributed by atoms with E-state index in [-0.39, 0.29) is 0 Å². The number of thiazole rings is 1. The lowest BCUT2D eigenvalue weighted by Crippen LogP contribution is -2.03. The maximum absolute atomic E-state index is 12.0. The molecule has 12 heavy (non-hydrogen) atoms. The Hall–Kier alpha value is -1.04. The van der Waals surface area contributed by atoms with Crippen molar-refractivity contribution in [3.63, 3.8) is 0 Å². The Bertz CT molecular complexity index is 371. The molecule has 0 spiro atoms. The van der Waals surface area contributed by atoms with Gasteiger partial charge in [0.15, 0.2) is 0 Å². The zero-order valence-electron chi connectivity index (χ0n) is 5.64. The zero-order chi connectivity index (χ0) is 8.77. The molecule has 0 aliphatic carbocycles. The second-order valence-corrected chi connectivity index (χ2v) is 3.21.